The van der Waals surface area contributed by atoms with Crippen LogP contribution in [0.2, 0.25) is 0 Å². The van der Waals surface area contributed by atoms with Crippen molar-refractivity contribution >= 4 is 40.3 Å². The van der Waals surface area contributed by atoms with Crippen molar-refractivity contribution in [1.82, 2.24) is 20.6 Å². The van der Waals surface area contributed by atoms with Crippen molar-refractivity contribution in [2.24, 2.45) is 0 Å². The Bertz CT molecular complexity index is 1310. The fraction of sp³-hybridized carbons (Fsp3) is 0.400. The second kappa shape index (κ2) is 13.9. The molecule has 0 bridgehead atoms. The normalized spacial score (nSPS) is 13.9. The second-order valence-corrected chi connectivity index (χ2v) is 10.8. The van der Waals surface area contributed by atoms with Crippen LogP contribution in [-0.2, 0) is 4.79 Å². The summed E-state index contributed by atoms with van der Waals surface area (Å²) in [6.45, 7) is 1.46. The molecule has 216 valence electrons. The van der Waals surface area contributed by atoms with Gasteiger partial charge < -0.3 is 15.7 Å². The van der Waals surface area contributed by atoms with Gasteiger partial charge in [-0.15, -0.1) is 22.7 Å². The number of thiazole rings is 2. The molecule has 15 heteroatoms. The zero-order chi connectivity index (χ0) is 29.4. The molecule has 40 heavy (non-hydrogen) atoms. The highest BCUT2D eigenvalue weighted by atomic mass is 32.1. The molecule has 3 N–H and O–H groups in total. The van der Waals surface area contributed by atoms with Crippen molar-refractivity contribution in [3.8, 4) is 10.6 Å². The van der Waals surface area contributed by atoms with Gasteiger partial charge in [-0.3, -0.25) is 14.4 Å². The largest absolute Gasteiger partial charge is 0.393 e. The first kappa shape index (κ1) is 31.2. The molecule has 0 aliphatic rings. The van der Waals surface area contributed by atoms with Crippen LogP contribution in [0, 0.1) is 11.6 Å². The van der Waals surface area contributed by atoms with Gasteiger partial charge in [-0.05, 0) is 50.8 Å². The molecule has 0 fully saturated rings. The first-order chi connectivity index (χ1) is 18.8. The van der Waals surface area contributed by atoms with Gasteiger partial charge >= 0.3 is 6.18 Å². The van der Waals surface area contributed by atoms with E-state index in [1.54, 1.807) is 0 Å². The highest BCUT2D eigenvalue weighted by Gasteiger charge is 2.32. The van der Waals surface area contributed by atoms with Crippen LogP contribution in [-0.4, -0.2) is 57.0 Å². The Morgan fingerprint density at radius 3 is 2.45 bits per heavy atom. The number of alkyl halides is 3. The summed E-state index contributed by atoms with van der Waals surface area (Å²) in [7, 11) is 0. The molecule has 1 unspecified atom stereocenters. The van der Waals surface area contributed by atoms with Crippen molar-refractivity contribution in [2.75, 3.05) is 0 Å². The molecule has 3 rings (SSSR count). The lowest BCUT2D eigenvalue weighted by atomic mass is 10.0. The summed E-state index contributed by atoms with van der Waals surface area (Å²) in [6.07, 6.45) is -4.75. The number of hydrogen-bond donors (Lipinski definition) is 3. The van der Waals surface area contributed by atoms with E-state index in [1.165, 1.54) is 18.5 Å². The molecule has 0 saturated carbocycles. The van der Waals surface area contributed by atoms with Crippen molar-refractivity contribution in [2.45, 2.75) is 63.4 Å². The van der Waals surface area contributed by atoms with E-state index in [0.29, 0.717) is 0 Å². The molecule has 2 aromatic heterocycles. The maximum Gasteiger partial charge on any atom is 0.389 e. The zero-order valence-electron chi connectivity index (χ0n) is 21.0. The molecule has 1 aromatic carbocycles. The van der Waals surface area contributed by atoms with Gasteiger partial charge in [-0.2, -0.15) is 13.2 Å². The fourth-order valence-corrected chi connectivity index (χ4v) is 5.08. The van der Waals surface area contributed by atoms with Gasteiger partial charge in [0.05, 0.1) is 18.3 Å². The zero-order valence-corrected chi connectivity index (χ0v) is 22.6. The Balaban J connectivity index is 1.77. The maximum absolute atomic E-state index is 14.1. The topological polar surface area (TPSA) is 121 Å². The predicted molar refractivity (Wildman–Crippen MR) is 138 cm³/mol. The van der Waals surface area contributed by atoms with E-state index in [9.17, 15) is 41.4 Å². The van der Waals surface area contributed by atoms with Crippen LogP contribution < -0.4 is 10.6 Å². The minimum atomic E-state index is -4.45. The molecule has 8 nitrogen and oxygen atoms in total. The molecular formula is C25H25F5N4O4S2. The van der Waals surface area contributed by atoms with E-state index in [-0.39, 0.29) is 39.7 Å². The number of ketones is 1. The van der Waals surface area contributed by atoms with Gasteiger partial charge in [0.25, 0.3) is 5.91 Å². The van der Waals surface area contributed by atoms with Crippen LogP contribution in [0.25, 0.3) is 10.6 Å². The van der Waals surface area contributed by atoms with Gasteiger partial charge in [0.2, 0.25) is 11.7 Å². The van der Waals surface area contributed by atoms with Crippen LogP contribution in [0.5, 0.6) is 0 Å². The second-order valence-electron chi connectivity index (χ2n) is 8.88. The number of halogens is 5. The van der Waals surface area contributed by atoms with Crippen molar-refractivity contribution < 1.29 is 41.4 Å². The number of nitrogens with zero attached hydrogens (tertiary/aromatic N) is 2. The Kier molecular flexibility index (Phi) is 10.8. The molecule has 2 amide bonds. The third kappa shape index (κ3) is 9.13. The number of nitrogens with one attached hydrogen (secondary N) is 2. The maximum atomic E-state index is 14.1. The number of aromatic nitrogens is 2. The molecule has 2 heterocycles. The molecule has 0 aliphatic heterocycles. The summed E-state index contributed by atoms with van der Waals surface area (Å²) in [5.41, 5.74) is -0.158. The summed E-state index contributed by atoms with van der Waals surface area (Å²) in [6, 6.07) is 0.153. The summed E-state index contributed by atoms with van der Waals surface area (Å²) >= 11 is 1.71. The van der Waals surface area contributed by atoms with Crippen molar-refractivity contribution in [3.05, 3.63) is 57.5 Å². The average Bonchev–Trinajstić information content (AvgIpc) is 3.59. The van der Waals surface area contributed by atoms with Gasteiger partial charge in [0.1, 0.15) is 27.6 Å². The Hall–Kier alpha value is -3.30. The fourth-order valence-electron chi connectivity index (χ4n) is 3.61. The van der Waals surface area contributed by atoms with Crippen LogP contribution in [0.1, 0.15) is 58.5 Å². The molecule has 0 saturated heterocycles. The Morgan fingerprint density at radius 1 is 1.05 bits per heavy atom. The summed E-state index contributed by atoms with van der Waals surface area (Å²) in [4.78, 5) is 46.8. The molecule has 3 aromatic rings. The number of aliphatic hydroxyl groups is 1. The van der Waals surface area contributed by atoms with Gasteiger partial charge in [-0.25, -0.2) is 18.7 Å². The van der Waals surface area contributed by atoms with E-state index in [2.05, 4.69) is 20.6 Å². The number of amides is 2. The van der Waals surface area contributed by atoms with Crippen LogP contribution in [0.15, 0.2) is 36.0 Å². The van der Waals surface area contributed by atoms with E-state index in [1.807, 2.05) is 0 Å². The lowest BCUT2D eigenvalue weighted by molar-refractivity contribution is -0.135. The highest BCUT2D eigenvalue weighted by Crippen LogP contribution is 2.28. The smallest absolute Gasteiger partial charge is 0.389 e. The minimum absolute atomic E-state index is 0.00337. The third-order valence-electron chi connectivity index (χ3n) is 5.61. The number of carbonyl (C=O) groups excluding carboxylic acids is 3. The van der Waals surface area contributed by atoms with Crippen LogP contribution >= 0.6 is 22.7 Å². The summed E-state index contributed by atoms with van der Waals surface area (Å²) in [5.74, 6) is -3.76. The van der Waals surface area contributed by atoms with Crippen LogP contribution in [0.4, 0.5) is 22.0 Å². The highest BCUT2D eigenvalue weighted by molar-refractivity contribution is 7.16. The van der Waals surface area contributed by atoms with Crippen molar-refractivity contribution in [1.29, 1.82) is 0 Å². The number of Topliss-reactive ketones (excluding diaryl/α,β-unsaturated/α-hetero) is 1. The van der Waals surface area contributed by atoms with E-state index in [4.69, 9.17) is 0 Å². The Labute approximate surface area is 233 Å². The minimum Gasteiger partial charge on any atom is -0.393 e. The lowest BCUT2D eigenvalue weighted by Crippen LogP contribution is -2.51. The first-order valence-corrected chi connectivity index (χ1v) is 13.7. The standard InChI is InChI=1S/C25H25F5N4O4S2/c1-13(35)4-7-18(34-22(38)19-12-32-23(40-19)15-11-14(26)5-6-16(15)27)21(37)33-17(3-2-8-25(28,29)30)20(36)24-31-9-10-39-24/h5-6,9-13,17-18,35H,2-4,7-8H2,1H3,(H,33,37)(H,34,38)/t13?,17-,18-/m0/s1. The van der Waals surface area contributed by atoms with Gasteiger partial charge in [0.15, 0.2) is 5.01 Å². The van der Waals surface area contributed by atoms with Crippen molar-refractivity contribution in [3.63, 3.8) is 0 Å². The predicted octanol–water partition coefficient (Wildman–Crippen LogP) is 4.90. The number of carbonyl (C=O) groups is 3. The number of hydrogen-bond acceptors (Lipinski definition) is 8. The monoisotopic (exact) mass is 604 g/mol. The van der Waals surface area contributed by atoms with Crippen LogP contribution in [0.3, 0.4) is 0 Å². The SMILES string of the molecule is CC(O)CC[C@H](NC(=O)c1cnc(-c2cc(F)ccc2F)s1)C(=O)N[C@@H](CCCC(F)(F)F)C(=O)c1nccs1. The van der Waals surface area contributed by atoms with Gasteiger partial charge in [0, 0.05) is 23.6 Å². The van der Waals surface area contributed by atoms with E-state index < -0.39 is 66.4 Å². The van der Waals surface area contributed by atoms with E-state index in [0.717, 1.165) is 47.1 Å². The molecule has 3 atom stereocenters. The molecule has 0 aliphatic carbocycles. The third-order valence-corrected chi connectivity index (χ3v) is 7.43. The van der Waals surface area contributed by atoms with E-state index >= 15 is 0 Å². The first-order valence-electron chi connectivity index (χ1n) is 12.0. The number of aliphatic hydroxyl groups excluding tert-OH is 1. The number of benzene rings is 1. The summed E-state index contributed by atoms with van der Waals surface area (Å²) < 4.78 is 65.8. The molecule has 0 radical (unpaired) electrons. The molecular weight excluding hydrogens is 579 g/mol. The summed E-state index contributed by atoms with van der Waals surface area (Å²) in [5, 5.41) is 16.1. The molecule has 0 spiro atoms. The Morgan fingerprint density at radius 2 is 1.80 bits per heavy atom. The lowest BCUT2D eigenvalue weighted by Gasteiger charge is -2.23. The quantitative estimate of drug-likeness (QED) is 0.189. The van der Waals surface area contributed by atoms with Gasteiger partial charge in [-0.1, -0.05) is 0 Å². The number of rotatable bonds is 13. The average molecular weight is 605 g/mol.